The number of hydrogen-bond donors (Lipinski definition) is 0. The Balaban J connectivity index is 1.64. The zero-order valence-corrected chi connectivity index (χ0v) is 15.9. The molecule has 0 spiro atoms. The number of carbonyl (C=O) groups excluding carboxylic acids is 1. The molecule has 0 bridgehead atoms. The molecule has 6 heteroatoms. The molecule has 4 nitrogen and oxygen atoms in total. The number of amides is 1. The van der Waals surface area contributed by atoms with Crippen molar-refractivity contribution in [3.05, 3.63) is 77.8 Å². The third kappa shape index (κ3) is 4.82. The lowest BCUT2D eigenvalue weighted by Gasteiger charge is -2.27. The number of halogens is 2. The lowest BCUT2D eigenvalue weighted by atomic mass is 10.1. The van der Waals surface area contributed by atoms with Gasteiger partial charge in [0.15, 0.2) is 11.7 Å². The van der Waals surface area contributed by atoms with Crippen LogP contribution in [0.5, 0.6) is 0 Å². The van der Waals surface area contributed by atoms with Crippen molar-refractivity contribution in [3.63, 3.8) is 0 Å². The van der Waals surface area contributed by atoms with Gasteiger partial charge in [-0.2, -0.15) is 0 Å². The Bertz CT molecular complexity index is 939. The van der Waals surface area contributed by atoms with Crippen LogP contribution >= 0.6 is 0 Å². The fourth-order valence-electron chi connectivity index (χ4n) is 2.94. The molecule has 3 aromatic rings. The van der Waals surface area contributed by atoms with Crippen molar-refractivity contribution in [2.75, 3.05) is 0 Å². The first-order chi connectivity index (χ1) is 13.4. The molecule has 146 valence electrons. The number of aromatic nitrogens is 1. The van der Waals surface area contributed by atoms with Crippen molar-refractivity contribution in [1.82, 2.24) is 9.88 Å². The summed E-state index contributed by atoms with van der Waals surface area (Å²) in [6, 6.07) is 13.1. The summed E-state index contributed by atoms with van der Waals surface area (Å²) in [5, 5.41) is 0. The molecule has 0 fully saturated rings. The number of hydrogen-bond acceptors (Lipinski definition) is 3. The van der Waals surface area contributed by atoms with Crippen LogP contribution in [0.25, 0.3) is 11.3 Å². The molecule has 0 unspecified atom stereocenters. The Morgan fingerprint density at radius 2 is 1.89 bits per heavy atom. The summed E-state index contributed by atoms with van der Waals surface area (Å²) in [5.74, 6) is -0.821. The summed E-state index contributed by atoms with van der Waals surface area (Å²) >= 11 is 0. The van der Waals surface area contributed by atoms with Crippen molar-refractivity contribution >= 4 is 5.91 Å². The summed E-state index contributed by atoms with van der Waals surface area (Å²) in [6.45, 7) is 4.48. The summed E-state index contributed by atoms with van der Waals surface area (Å²) < 4.78 is 32.5. The standard InChI is InChI=1S/C22H22F2N2O2/c1-15(2)26(14-16-6-4-3-5-7-16)22(27)11-10-21-25-13-20(28-21)18-9-8-17(23)12-19(18)24/h3-9,12-13,15H,10-11,14H2,1-2H3. The fraction of sp³-hybridized carbons (Fsp3) is 0.273. The summed E-state index contributed by atoms with van der Waals surface area (Å²) in [7, 11) is 0. The van der Waals surface area contributed by atoms with Gasteiger partial charge in [-0.15, -0.1) is 0 Å². The van der Waals surface area contributed by atoms with E-state index in [-0.39, 0.29) is 29.7 Å². The molecule has 1 amide bonds. The van der Waals surface area contributed by atoms with Gasteiger partial charge in [-0.25, -0.2) is 13.8 Å². The molecule has 0 saturated heterocycles. The first-order valence-corrected chi connectivity index (χ1v) is 9.17. The van der Waals surface area contributed by atoms with E-state index in [1.54, 1.807) is 4.90 Å². The van der Waals surface area contributed by atoms with E-state index in [4.69, 9.17) is 4.42 Å². The molecule has 0 atom stereocenters. The van der Waals surface area contributed by atoms with E-state index in [2.05, 4.69) is 4.98 Å². The van der Waals surface area contributed by atoms with Crippen LogP contribution in [0.2, 0.25) is 0 Å². The molecular weight excluding hydrogens is 362 g/mol. The van der Waals surface area contributed by atoms with Crippen LogP contribution in [0.3, 0.4) is 0 Å². The second kappa shape index (κ2) is 8.78. The first kappa shape index (κ1) is 19.7. The molecule has 0 aliphatic heterocycles. The monoisotopic (exact) mass is 384 g/mol. The largest absolute Gasteiger partial charge is 0.441 e. The maximum absolute atomic E-state index is 13.9. The number of oxazole rings is 1. The number of carbonyl (C=O) groups is 1. The van der Waals surface area contributed by atoms with Crippen LogP contribution in [0.4, 0.5) is 8.78 Å². The van der Waals surface area contributed by atoms with Gasteiger partial charge in [0.25, 0.3) is 0 Å². The maximum atomic E-state index is 13.9. The van der Waals surface area contributed by atoms with Crippen LogP contribution in [0.15, 0.2) is 59.1 Å². The van der Waals surface area contributed by atoms with Gasteiger partial charge in [0.05, 0.1) is 11.8 Å². The number of aryl methyl sites for hydroxylation is 1. The molecule has 0 radical (unpaired) electrons. The highest BCUT2D eigenvalue weighted by atomic mass is 19.1. The van der Waals surface area contributed by atoms with Gasteiger partial charge in [-0.05, 0) is 31.5 Å². The van der Waals surface area contributed by atoms with Crippen molar-refractivity contribution in [3.8, 4) is 11.3 Å². The lowest BCUT2D eigenvalue weighted by molar-refractivity contribution is -0.133. The Morgan fingerprint density at radius 1 is 1.14 bits per heavy atom. The van der Waals surface area contributed by atoms with Gasteiger partial charge in [0.2, 0.25) is 5.91 Å². The topological polar surface area (TPSA) is 46.3 Å². The molecule has 0 N–H and O–H groups in total. The summed E-state index contributed by atoms with van der Waals surface area (Å²) in [6.07, 6.45) is 1.93. The third-order valence-corrected chi connectivity index (χ3v) is 4.44. The third-order valence-electron chi connectivity index (χ3n) is 4.44. The molecule has 28 heavy (non-hydrogen) atoms. The number of rotatable bonds is 7. The minimum absolute atomic E-state index is 0.00781. The van der Waals surface area contributed by atoms with E-state index < -0.39 is 11.6 Å². The molecule has 2 aromatic carbocycles. The Labute approximate surface area is 162 Å². The lowest BCUT2D eigenvalue weighted by Crippen LogP contribution is -2.36. The molecule has 1 heterocycles. The average molecular weight is 384 g/mol. The van der Waals surface area contributed by atoms with E-state index in [1.165, 1.54) is 12.3 Å². The van der Waals surface area contributed by atoms with E-state index >= 15 is 0 Å². The summed E-state index contributed by atoms with van der Waals surface area (Å²) in [5.41, 5.74) is 1.20. The van der Waals surface area contributed by atoms with Crippen molar-refractivity contribution in [2.45, 2.75) is 39.3 Å². The van der Waals surface area contributed by atoms with Gasteiger partial charge < -0.3 is 9.32 Å². The van der Waals surface area contributed by atoms with Crippen LogP contribution < -0.4 is 0 Å². The second-order valence-electron chi connectivity index (χ2n) is 6.84. The minimum atomic E-state index is -0.715. The number of nitrogens with zero attached hydrogens (tertiary/aromatic N) is 2. The predicted molar refractivity (Wildman–Crippen MR) is 102 cm³/mol. The van der Waals surface area contributed by atoms with Gasteiger partial charge in [0, 0.05) is 31.5 Å². The Morgan fingerprint density at radius 3 is 2.57 bits per heavy atom. The Hall–Kier alpha value is -3.02. The zero-order chi connectivity index (χ0) is 20.1. The smallest absolute Gasteiger partial charge is 0.223 e. The number of benzene rings is 2. The van der Waals surface area contributed by atoms with Crippen LogP contribution in [-0.4, -0.2) is 21.8 Å². The predicted octanol–water partition coefficient (Wildman–Crippen LogP) is 4.99. The van der Waals surface area contributed by atoms with Crippen LogP contribution in [0.1, 0.15) is 31.7 Å². The zero-order valence-electron chi connectivity index (χ0n) is 15.9. The summed E-state index contributed by atoms with van der Waals surface area (Å²) in [4.78, 5) is 18.6. The minimum Gasteiger partial charge on any atom is -0.441 e. The molecular formula is C22H22F2N2O2. The van der Waals surface area contributed by atoms with Crippen LogP contribution in [0, 0.1) is 11.6 Å². The molecule has 3 rings (SSSR count). The highest BCUT2D eigenvalue weighted by molar-refractivity contribution is 5.76. The van der Waals surface area contributed by atoms with E-state index in [9.17, 15) is 13.6 Å². The van der Waals surface area contributed by atoms with Gasteiger partial charge in [-0.3, -0.25) is 4.79 Å². The quantitative estimate of drug-likeness (QED) is 0.577. The van der Waals surface area contributed by atoms with Crippen molar-refractivity contribution < 1.29 is 18.0 Å². The van der Waals surface area contributed by atoms with Gasteiger partial charge in [0.1, 0.15) is 11.6 Å². The van der Waals surface area contributed by atoms with Gasteiger partial charge >= 0.3 is 0 Å². The molecule has 0 aliphatic carbocycles. The Kier molecular flexibility index (Phi) is 6.19. The average Bonchev–Trinajstić information content (AvgIpc) is 3.13. The van der Waals surface area contributed by atoms with E-state index in [1.807, 2.05) is 44.2 Å². The SMILES string of the molecule is CC(C)N(Cc1ccccc1)C(=O)CCc1ncc(-c2ccc(F)cc2F)o1. The van der Waals surface area contributed by atoms with E-state index in [0.29, 0.717) is 18.9 Å². The highest BCUT2D eigenvalue weighted by Gasteiger charge is 2.19. The van der Waals surface area contributed by atoms with E-state index in [0.717, 1.165) is 17.7 Å². The molecule has 0 saturated carbocycles. The van der Waals surface area contributed by atoms with Crippen LogP contribution in [-0.2, 0) is 17.8 Å². The fourth-order valence-corrected chi connectivity index (χ4v) is 2.94. The molecule has 0 aliphatic rings. The second-order valence-corrected chi connectivity index (χ2v) is 6.84. The maximum Gasteiger partial charge on any atom is 0.223 e. The molecule has 1 aromatic heterocycles. The normalized spacial score (nSPS) is 11.0. The van der Waals surface area contributed by atoms with Crippen molar-refractivity contribution in [1.29, 1.82) is 0 Å². The van der Waals surface area contributed by atoms with Crippen molar-refractivity contribution in [2.24, 2.45) is 0 Å². The van der Waals surface area contributed by atoms with Gasteiger partial charge in [-0.1, -0.05) is 30.3 Å². The first-order valence-electron chi connectivity index (χ1n) is 9.17. The highest BCUT2D eigenvalue weighted by Crippen LogP contribution is 2.24.